The van der Waals surface area contributed by atoms with Crippen molar-refractivity contribution >= 4 is 11.7 Å². The van der Waals surface area contributed by atoms with Gasteiger partial charge in [-0.3, -0.25) is 4.79 Å². The molecule has 1 aliphatic heterocycles. The Bertz CT molecular complexity index is 620. The average Bonchev–Trinajstić information content (AvgIpc) is 2.68. The summed E-state index contributed by atoms with van der Waals surface area (Å²) in [5.41, 5.74) is -3.43. The fraction of sp³-hybridized carbons (Fsp3) is 0.905. The van der Waals surface area contributed by atoms with Crippen molar-refractivity contribution in [3.63, 3.8) is 0 Å². The smallest absolute Gasteiger partial charge is 0.311 e. The van der Waals surface area contributed by atoms with Crippen LogP contribution in [0.2, 0.25) is 0 Å². The molecule has 0 aromatic rings. The first-order valence-electron chi connectivity index (χ1n) is 10.5. The van der Waals surface area contributed by atoms with Gasteiger partial charge < -0.3 is 35.5 Å². The minimum absolute atomic E-state index is 0.0276. The van der Waals surface area contributed by atoms with Crippen LogP contribution in [0.3, 0.4) is 0 Å². The quantitative estimate of drug-likeness (QED) is 0.200. The molecule has 0 bridgehead atoms. The van der Waals surface area contributed by atoms with E-state index >= 15 is 0 Å². The summed E-state index contributed by atoms with van der Waals surface area (Å²) in [4.78, 5) is 12.6. The van der Waals surface area contributed by atoms with E-state index in [-0.39, 0.29) is 18.6 Å². The van der Waals surface area contributed by atoms with Crippen LogP contribution in [0.15, 0.2) is 5.16 Å². The zero-order valence-corrected chi connectivity index (χ0v) is 19.0. The SMILES string of the molecule is CC[C@@H]1OC(=O)[C@H](C)[C@H](O)[C@H](C)[C@H](O)C[C@](C)(O)[C@H](C)/C(=N\O)[C@H](C)[C@H](O)[C@@]1(C)O. The molecule has 0 radical (unpaired) electrons. The van der Waals surface area contributed by atoms with Crippen LogP contribution in [0, 0.1) is 23.7 Å². The highest BCUT2D eigenvalue weighted by atomic mass is 16.6. The van der Waals surface area contributed by atoms with E-state index in [9.17, 15) is 35.5 Å². The van der Waals surface area contributed by atoms with Crippen LogP contribution in [0.4, 0.5) is 0 Å². The van der Waals surface area contributed by atoms with E-state index < -0.39 is 65.3 Å². The summed E-state index contributed by atoms with van der Waals surface area (Å²) in [5, 5.41) is 67.0. The van der Waals surface area contributed by atoms with E-state index in [0.29, 0.717) is 0 Å². The van der Waals surface area contributed by atoms with E-state index in [4.69, 9.17) is 4.74 Å². The van der Waals surface area contributed by atoms with Gasteiger partial charge in [0.05, 0.1) is 35.5 Å². The third-order valence-corrected chi connectivity index (χ3v) is 6.96. The lowest BCUT2D eigenvalue weighted by molar-refractivity contribution is -0.190. The first-order valence-corrected chi connectivity index (χ1v) is 10.5. The van der Waals surface area contributed by atoms with Gasteiger partial charge >= 0.3 is 5.97 Å². The molecule has 1 fully saturated rings. The van der Waals surface area contributed by atoms with Gasteiger partial charge in [-0.25, -0.2) is 0 Å². The van der Waals surface area contributed by atoms with Crippen LogP contribution < -0.4 is 0 Å². The molecular weight excluding hydrogens is 394 g/mol. The van der Waals surface area contributed by atoms with Crippen LogP contribution in [0.1, 0.15) is 61.3 Å². The first kappa shape index (κ1) is 26.8. The Hall–Kier alpha value is -1.26. The number of cyclic esters (lactones) is 1. The molecule has 6 N–H and O–H groups in total. The van der Waals surface area contributed by atoms with Crippen molar-refractivity contribution < 1.29 is 40.3 Å². The predicted molar refractivity (Wildman–Crippen MR) is 110 cm³/mol. The second kappa shape index (κ2) is 9.91. The third-order valence-electron chi connectivity index (χ3n) is 6.96. The van der Waals surface area contributed by atoms with Crippen molar-refractivity contribution in [2.45, 2.75) is 96.9 Å². The van der Waals surface area contributed by atoms with Crippen molar-refractivity contribution in [3.05, 3.63) is 0 Å². The lowest BCUT2D eigenvalue weighted by Crippen LogP contribution is -2.57. The number of aliphatic hydroxyl groups is 5. The summed E-state index contributed by atoms with van der Waals surface area (Å²) < 4.78 is 5.44. The number of rotatable bonds is 1. The summed E-state index contributed by atoms with van der Waals surface area (Å²) in [6.07, 6.45) is -5.02. The molecule has 0 amide bonds. The lowest BCUT2D eigenvalue weighted by Gasteiger charge is -2.42. The monoisotopic (exact) mass is 433 g/mol. The Labute approximate surface area is 178 Å². The van der Waals surface area contributed by atoms with Crippen molar-refractivity contribution in [2.75, 3.05) is 0 Å². The maximum Gasteiger partial charge on any atom is 0.311 e. The Balaban J connectivity index is 3.52. The van der Waals surface area contributed by atoms with Gasteiger partial charge in [0, 0.05) is 24.2 Å². The van der Waals surface area contributed by atoms with Crippen LogP contribution >= 0.6 is 0 Å². The molecule has 0 aromatic carbocycles. The van der Waals surface area contributed by atoms with Gasteiger partial charge in [0.25, 0.3) is 0 Å². The maximum atomic E-state index is 12.6. The number of aliphatic hydroxyl groups excluding tert-OH is 3. The summed E-state index contributed by atoms with van der Waals surface area (Å²) in [6.45, 7) is 10.6. The summed E-state index contributed by atoms with van der Waals surface area (Å²) in [7, 11) is 0. The summed E-state index contributed by atoms with van der Waals surface area (Å²) in [6, 6.07) is 0. The number of hydrogen-bond acceptors (Lipinski definition) is 9. The summed E-state index contributed by atoms with van der Waals surface area (Å²) in [5.74, 6) is -4.26. The minimum atomic E-state index is -1.90. The molecule has 176 valence electrons. The van der Waals surface area contributed by atoms with Crippen molar-refractivity contribution in [1.29, 1.82) is 0 Å². The first-order chi connectivity index (χ1) is 13.6. The topological polar surface area (TPSA) is 160 Å². The molecular formula is C21H39NO8. The highest BCUT2D eigenvalue weighted by Crippen LogP contribution is 2.35. The van der Waals surface area contributed by atoms with Crippen LogP contribution in [0.5, 0.6) is 0 Å². The number of carbonyl (C=O) groups is 1. The zero-order chi connectivity index (χ0) is 23.6. The Kier molecular flexibility index (Phi) is 8.84. The van der Waals surface area contributed by atoms with Gasteiger partial charge in [-0.2, -0.15) is 0 Å². The Morgan fingerprint density at radius 2 is 1.60 bits per heavy atom. The van der Waals surface area contributed by atoms with Gasteiger partial charge in [0.1, 0.15) is 11.7 Å². The average molecular weight is 434 g/mol. The number of ether oxygens (including phenoxy) is 1. The van der Waals surface area contributed by atoms with Crippen molar-refractivity contribution in [2.24, 2.45) is 28.8 Å². The number of nitrogens with zero attached hydrogens (tertiary/aromatic N) is 1. The van der Waals surface area contributed by atoms with Crippen LogP contribution in [-0.2, 0) is 9.53 Å². The molecule has 0 aliphatic carbocycles. The second-order valence-corrected chi connectivity index (χ2v) is 9.31. The van der Waals surface area contributed by atoms with E-state index in [2.05, 4.69) is 5.16 Å². The molecule has 10 atom stereocenters. The molecule has 1 rings (SSSR count). The fourth-order valence-electron chi connectivity index (χ4n) is 4.22. The van der Waals surface area contributed by atoms with Gasteiger partial charge in [-0.1, -0.05) is 32.9 Å². The van der Waals surface area contributed by atoms with Gasteiger partial charge in [0.2, 0.25) is 0 Å². The van der Waals surface area contributed by atoms with Gasteiger partial charge in [-0.05, 0) is 27.2 Å². The number of carbonyl (C=O) groups excluding carboxylic acids is 1. The highest BCUT2D eigenvalue weighted by molar-refractivity contribution is 5.89. The maximum absolute atomic E-state index is 12.6. The molecule has 0 spiro atoms. The number of hydrogen-bond donors (Lipinski definition) is 6. The molecule has 9 nitrogen and oxygen atoms in total. The predicted octanol–water partition coefficient (Wildman–Crippen LogP) is 0.671. The Morgan fingerprint density at radius 1 is 1.07 bits per heavy atom. The van der Waals surface area contributed by atoms with E-state index in [1.54, 1.807) is 20.8 Å². The molecule has 30 heavy (non-hydrogen) atoms. The lowest BCUT2D eigenvalue weighted by atomic mass is 9.72. The van der Waals surface area contributed by atoms with Gasteiger partial charge in [0.15, 0.2) is 0 Å². The largest absolute Gasteiger partial charge is 0.459 e. The molecule has 1 saturated heterocycles. The van der Waals surface area contributed by atoms with Crippen molar-refractivity contribution in [3.8, 4) is 0 Å². The molecule has 1 aliphatic rings. The third kappa shape index (κ3) is 5.31. The Morgan fingerprint density at radius 3 is 2.07 bits per heavy atom. The molecule has 0 saturated carbocycles. The second-order valence-electron chi connectivity index (χ2n) is 9.31. The van der Waals surface area contributed by atoms with E-state index in [1.807, 2.05) is 0 Å². The summed E-state index contributed by atoms with van der Waals surface area (Å²) >= 11 is 0. The molecule has 0 aromatic heterocycles. The van der Waals surface area contributed by atoms with E-state index in [0.717, 1.165) is 0 Å². The zero-order valence-electron chi connectivity index (χ0n) is 19.0. The number of oxime groups is 1. The van der Waals surface area contributed by atoms with Crippen LogP contribution in [-0.4, -0.2) is 78.0 Å². The molecule has 9 heteroatoms. The van der Waals surface area contributed by atoms with Crippen molar-refractivity contribution in [1.82, 2.24) is 0 Å². The highest BCUT2D eigenvalue weighted by Gasteiger charge is 2.48. The molecule has 1 heterocycles. The minimum Gasteiger partial charge on any atom is -0.459 e. The van der Waals surface area contributed by atoms with Crippen LogP contribution in [0.25, 0.3) is 0 Å². The molecule has 0 unspecified atom stereocenters. The van der Waals surface area contributed by atoms with Gasteiger partial charge in [-0.15, -0.1) is 0 Å². The normalized spacial score (nSPS) is 48.8. The standard InChI is InChI=1S/C21H39NO8/c1-8-15-21(7,28)18(25)11(3)16(22-29)13(5)20(6,27)9-14(23)10(2)17(24)12(4)19(26)30-15/h10-15,17-18,23-25,27-29H,8-9H2,1-7H3/b22-16-/t10-,11+,12-,13-,14-,15+,17-,18+,20+,21+/m1/s1. The fourth-order valence-corrected chi connectivity index (χ4v) is 4.22. The van der Waals surface area contributed by atoms with E-state index in [1.165, 1.54) is 27.7 Å². The number of esters is 1.